The summed E-state index contributed by atoms with van der Waals surface area (Å²) >= 11 is 0. The first-order chi connectivity index (χ1) is 6.79. The average molecular weight is 193 g/mol. The van der Waals surface area contributed by atoms with Gasteiger partial charge in [0.05, 0.1) is 0 Å². The smallest absolute Gasteiger partial charge is 0.0120 e. The molecule has 1 heteroatoms. The van der Waals surface area contributed by atoms with Crippen LogP contribution in [0.4, 0.5) is 0 Å². The normalized spacial score (nSPS) is 31.2. The highest BCUT2D eigenvalue weighted by atomic mass is 14.9. The van der Waals surface area contributed by atoms with E-state index in [9.17, 15) is 0 Å². The van der Waals surface area contributed by atoms with Crippen LogP contribution in [0.15, 0.2) is 0 Å². The lowest BCUT2D eigenvalue weighted by molar-refractivity contribution is 0.357. The largest absolute Gasteiger partial charge is 0.314 e. The molecule has 1 fully saturated rings. The van der Waals surface area contributed by atoms with Crippen LogP contribution in [0.3, 0.4) is 0 Å². The Kier molecular flexibility index (Phi) is 5.04. The van der Waals surface area contributed by atoms with E-state index < -0.39 is 0 Å². The standard InChI is InChI=1S/C13H23N/c1-4-6-7-12-8-9-13(11(12)3)14-10-5-2/h11-14H,5,7-10H2,1-3H3. The summed E-state index contributed by atoms with van der Waals surface area (Å²) in [5.74, 6) is 7.86. The molecule has 0 amide bonds. The van der Waals surface area contributed by atoms with Crippen molar-refractivity contribution in [1.82, 2.24) is 5.32 Å². The van der Waals surface area contributed by atoms with Gasteiger partial charge in [0.2, 0.25) is 0 Å². The van der Waals surface area contributed by atoms with Gasteiger partial charge in [-0.25, -0.2) is 0 Å². The molecule has 1 nitrogen and oxygen atoms in total. The molecule has 1 saturated carbocycles. The number of nitrogens with one attached hydrogen (secondary N) is 1. The molecule has 0 radical (unpaired) electrons. The Morgan fingerprint density at radius 2 is 2.14 bits per heavy atom. The van der Waals surface area contributed by atoms with Gasteiger partial charge in [0.25, 0.3) is 0 Å². The highest BCUT2D eigenvalue weighted by Gasteiger charge is 2.31. The lowest BCUT2D eigenvalue weighted by Gasteiger charge is -2.20. The van der Waals surface area contributed by atoms with Crippen molar-refractivity contribution in [2.75, 3.05) is 6.54 Å². The van der Waals surface area contributed by atoms with Crippen LogP contribution in [-0.2, 0) is 0 Å². The average Bonchev–Trinajstić information content (AvgIpc) is 2.54. The van der Waals surface area contributed by atoms with Crippen molar-refractivity contribution < 1.29 is 0 Å². The Bertz CT molecular complexity index is 211. The predicted octanol–water partition coefficient (Wildman–Crippen LogP) is 2.81. The van der Waals surface area contributed by atoms with Crippen molar-refractivity contribution in [1.29, 1.82) is 0 Å². The third-order valence-corrected chi connectivity index (χ3v) is 3.42. The molecular weight excluding hydrogens is 170 g/mol. The van der Waals surface area contributed by atoms with Crippen LogP contribution in [0.2, 0.25) is 0 Å². The first kappa shape index (κ1) is 11.6. The summed E-state index contributed by atoms with van der Waals surface area (Å²) in [6, 6.07) is 0.749. The zero-order valence-corrected chi connectivity index (χ0v) is 9.77. The van der Waals surface area contributed by atoms with Gasteiger partial charge in [0.1, 0.15) is 0 Å². The molecule has 0 aromatic heterocycles. The summed E-state index contributed by atoms with van der Waals surface area (Å²) in [5, 5.41) is 3.64. The van der Waals surface area contributed by atoms with Crippen LogP contribution in [0.1, 0.15) is 46.5 Å². The molecule has 0 spiro atoms. The van der Waals surface area contributed by atoms with Crippen molar-refractivity contribution in [2.24, 2.45) is 11.8 Å². The van der Waals surface area contributed by atoms with Crippen LogP contribution < -0.4 is 5.32 Å². The summed E-state index contributed by atoms with van der Waals surface area (Å²) in [6.45, 7) is 7.71. The summed E-state index contributed by atoms with van der Waals surface area (Å²) < 4.78 is 0. The predicted molar refractivity (Wildman–Crippen MR) is 62.0 cm³/mol. The Morgan fingerprint density at radius 1 is 1.36 bits per heavy atom. The fraction of sp³-hybridized carbons (Fsp3) is 0.846. The zero-order chi connectivity index (χ0) is 10.4. The molecule has 0 aromatic carbocycles. The van der Waals surface area contributed by atoms with Gasteiger partial charge < -0.3 is 5.32 Å². The number of hydrogen-bond acceptors (Lipinski definition) is 1. The van der Waals surface area contributed by atoms with Crippen LogP contribution in [0, 0.1) is 23.7 Å². The van der Waals surface area contributed by atoms with E-state index in [0.29, 0.717) is 0 Å². The van der Waals surface area contributed by atoms with Gasteiger partial charge in [-0.3, -0.25) is 0 Å². The summed E-state index contributed by atoms with van der Waals surface area (Å²) in [7, 11) is 0. The van der Waals surface area contributed by atoms with E-state index in [0.717, 1.165) is 24.3 Å². The van der Waals surface area contributed by atoms with Crippen molar-refractivity contribution in [3.8, 4) is 11.8 Å². The van der Waals surface area contributed by atoms with E-state index in [1.807, 2.05) is 6.92 Å². The zero-order valence-electron chi connectivity index (χ0n) is 9.77. The Hall–Kier alpha value is -0.480. The van der Waals surface area contributed by atoms with E-state index in [1.165, 1.54) is 25.8 Å². The molecule has 3 unspecified atom stereocenters. The number of hydrogen-bond donors (Lipinski definition) is 1. The first-order valence-corrected chi connectivity index (χ1v) is 5.92. The minimum Gasteiger partial charge on any atom is -0.314 e. The fourth-order valence-electron chi connectivity index (χ4n) is 2.39. The second kappa shape index (κ2) is 6.09. The quantitative estimate of drug-likeness (QED) is 0.677. The molecule has 0 heterocycles. The van der Waals surface area contributed by atoms with Crippen molar-refractivity contribution in [3.63, 3.8) is 0 Å². The monoisotopic (exact) mass is 193 g/mol. The molecular formula is C13H23N. The molecule has 14 heavy (non-hydrogen) atoms. The van der Waals surface area contributed by atoms with Crippen molar-refractivity contribution in [2.45, 2.75) is 52.5 Å². The summed E-state index contributed by atoms with van der Waals surface area (Å²) in [6.07, 6.45) is 5.04. The molecule has 80 valence electrons. The van der Waals surface area contributed by atoms with Gasteiger partial charge in [-0.05, 0) is 44.6 Å². The molecule has 0 aliphatic heterocycles. The van der Waals surface area contributed by atoms with E-state index in [-0.39, 0.29) is 0 Å². The maximum atomic E-state index is 3.64. The van der Waals surface area contributed by atoms with E-state index >= 15 is 0 Å². The molecule has 0 saturated heterocycles. The molecule has 1 aliphatic carbocycles. The van der Waals surface area contributed by atoms with Crippen LogP contribution in [0.5, 0.6) is 0 Å². The number of rotatable bonds is 4. The Balaban J connectivity index is 2.33. The van der Waals surface area contributed by atoms with Crippen LogP contribution in [-0.4, -0.2) is 12.6 Å². The second-order valence-electron chi connectivity index (χ2n) is 4.39. The minimum absolute atomic E-state index is 0.749. The molecule has 1 aliphatic rings. The fourth-order valence-corrected chi connectivity index (χ4v) is 2.39. The van der Waals surface area contributed by atoms with E-state index in [2.05, 4.69) is 31.0 Å². The summed E-state index contributed by atoms with van der Waals surface area (Å²) in [5.41, 5.74) is 0. The SMILES string of the molecule is CC#CCC1CCC(NCCC)C1C. The molecule has 1 N–H and O–H groups in total. The van der Waals surface area contributed by atoms with Gasteiger partial charge in [0.15, 0.2) is 0 Å². The molecule has 0 aromatic rings. The molecule has 0 bridgehead atoms. The van der Waals surface area contributed by atoms with Crippen molar-refractivity contribution >= 4 is 0 Å². The highest BCUT2D eigenvalue weighted by molar-refractivity contribution is 5.00. The van der Waals surface area contributed by atoms with Crippen molar-refractivity contribution in [3.05, 3.63) is 0 Å². The van der Waals surface area contributed by atoms with Crippen LogP contribution in [0.25, 0.3) is 0 Å². The van der Waals surface area contributed by atoms with Gasteiger partial charge in [-0.2, -0.15) is 0 Å². The third-order valence-electron chi connectivity index (χ3n) is 3.42. The molecule has 1 rings (SSSR count). The van der Waals surface area contributed by atoms with Gasteiger partial charge in [-0.15, -0.1) is 11.8 Å². The lowest BCUT2D eigenvalue weighted by Crippen LogP contribution is -2.33. The first-order valence-electron chi connectivity index (χ1n) is 5.92. The van der Waals surface area contributed by atoms with Gasteiger partial charge in [0, 0.05) is 12.5 Å². The second-order valence-corrected chi connectivity index (χ2v) is 4.39. The molecule has 3 atom stereocenters. The lowest BCUT2D eigenvalue weighted by atomic mass is 9.93. The Morgan fingerprint density at radius 3 is 2.79 bits per heavy atom. The minimum atomic E-state index is 0.749. The maximum absolute atomic E-state index is 3.64. The maximum Gasteiger partial charge on any atom is 0.0120 e. The summed E-state index contributed by atoms with van der Waals surface area (Å²) in [4.78, 5) is 0. The Labute approximate surface area is 88.7 Å². The van der Waals surface area contributed by atoms with Gasteiger partial charge >= 0.3 is 0 Å². The van der Waals surface area contributed by atoms with Crippen LogP contribution >= 0.6 is 0 Å². The highest BCUT2D eigenvalue weighted by Crippen LogP contribution is 2.33. The third kappa shape index (κ3) is 3.03. The van der Waals surface area contributed by atoms with E-state index in [4.69, 9.17) is 0 Å². The topological polar surface area (TPSA) is 12.0 Å². The van der Waals surface area contributed by atoms with E-state index in [1.54, 1.807) is 0 Å². The van der Waals surface area contributed by atoms with Gasteiger partial charge in [-0.1, -0.05) is 13.8 Å².